The normalized spacial score (nSPS) is 22.5. The molecule has 0 bridgehead atoms. The summed E-state index contributed by atoms with van der Waals surface area (Å²) in [6, 6.07) is 4.26. The lowest BCUT2D eigenvalue weighted by atomic mass is 9.71. The van der Waals surface area contributed by atoms with Crippen LogP contribution in [0.5, 0.6) is 5.75 Å². The fourth-order valence-corrected chi connectivity index (χ4v) is 3.65. The maximum absolute atomic E-state index is 10.0. The Morgan fingerprint density at radius 2 is 2.00 bits per heavy atom. The Kier molecular flexibility index (Phi) is 5.13. The van der Waals surface area contributed by atoms with E-state index in [1.54, 1.807) is 0 Å². The van der Waals surface area contributed by atoms with E-state index in [1.807, 2.05) is 13.0 Å². The van der Waals surface area contributed by atoms with Gasteiger partial charge in [-0.25, -0.2) is 0 Å². The Balaban J connectivity index is 2.21. The Morgan fingerprint density at radius 1 is 1.29 bits per heavy atom. The third kappa shape index (κ3) is 3.70. The van der Waals surface area contributed by atoms with Crippen molar-refractivity contribution in [2.45, 2.75) is 72.1 Å². The monoisotopic (exact) mass is 286 g/mol. The van der Waals surface area contributed by atoms with Gasteiger partial charge in [0.05, 0.1) is 0 Å². The van der Waals surface area contributed by atoms with Crippen LogP contribution in [0.25, 0.3) is 0 Å². The number of phenols is 1. The topological polar surface area (TPSA) is 20.2 Å². The van der Waals surface area contributed by atoms with Crippen LogP contribution in [-0.2, 0) is 0 Å². The summed E-state index contributed by atoms with van der Waals surface area (Å²) in [5.41, 5.74) is 5.31. The number of hydrogen-bond acceptors (Lipinski definition) is 1. The molecule has 1 N–H and O–H groups in total. The van der Waals surface area contributed by atoms with Crippen molar-refractivity contribution < 1.29 is 5.11 Å². The summed E-state index contributed by atoms with van der Waals surface area (Å²) in [7, 11) is 0. The minimum atomic E-state index is 0.457. The molecule has 0 heterocycles. The first-order valence-electron chi connectivity index (χ1n) is 8.37. The van der Waals surface area contributed by atoms with Gasteiger partial charge in [0.25, 0.3) is 0 Å². The van der Waals surface area contributed by atoms with Crippen LogP contribution in [0.3, 0.4) is 0 Å². The van der Waals surface area contributed by atoms with Gasteiger partial charge in [-0.15, -0.1) is 0 Å². The molecule has 0 saturated heterocycles. The van der Waals surface area contributed by atoms with E-state index in [-0.39, 0.29) is 0 Å². The first-order valence-corrected chi connectivity index (χ1v) is 8.37. The van der Waals surface area contributed by atoms with Crippen molar-refractivity contribution in [3.8, 4) is 5.75 Å². The molecule has 0 radical (unpaired) electrons. The van der Waals surface area contributed by atoms with E-state index in [1.165, 1.54) is 42.4 Å². The zero-order chi connectivity index (χ0) is 15.6. The van der Waals surface area contributed by atoms with Gasteiger partial charge in [-0.2, -0.15) is 0 Å². The molecule has 1 aromatic carbocycles. The summed E-state index contributed by atoms with van der Waals surface area (Å²) in [4.78, 5) is 0. The van der Waals surface area contributed by atoms with Gasteiger partial charge >= 0.3 is 0 Å². The predicted octanol–water partition coefficient (Wildman–Crippen LogP) is 6.06. The van der Waals surface area contributed by atoms with Gasteiger partial charge in [-0.1, -0.05) is 31.6 Å². The minimum Gasteiger partial charge on any atom is -0.508 e. The smallest absolute Gasteiger partial charge is 0.118 e. The predicted molar refractivity (Wildman–Crippen MR) is 91.1 cm³/mol. The Bertz CT molecular complexity index is 523. The number of allylic oxidation sites excluding steroid dienone is 2. The van der Waals surface area contributed by atoms with Gasteiger partial charge in [-0.05, 0) is 87.0 Å². The van der Waals surface area contributed by atoms with Crippen LogP contribution >= 0.6 is 0 Å². The summed E-state index contributed by atoms with van der Waals surface area (Å²) >= 11 is 0. The molecule has 1 aromatic rings. The second-order valence-electron chi connectivity index (χ2n) is 7.19. The van der Waals surface area contributed by atoms with Gasteiger partial charge in [0.1, 0.15) is 5.75 Å². The van der Waals surface area contributed by atoms with E-state index in [4.69, 9.17) is 0 Å². The molecular formula is C20H30O. The second kappa shape index (κ2) is 6.68. The Morgan fingerprint density at radius 3 is 2.67 bits per heavy atom. The van der Waals surface area contributed by atoms with Crippen LogP contribution in [0.1, 0.15) is 81.9 Å². The highest BCUT2D eigenvalue weighted by molar-refractivity contribution is 5.45. The number of hydrogen-bond donors (Lipinski definition) is 1. The highest BCUT2D eigenvalue weighted by Crippen LogP contribution is 2.45. The van der Waals surface area contributed by atoms with Gasteiger partial charge < -0.3 is 5.11 Å². The van der Waals surface area contributed by atoms with Gasteiger partial charge in [0.15, 0.2) is 0 Å². The molecule has 0 aromatic heterocycles. The van der Waals surface area contributed by atoms with Crippen molar-refractivity contribution in [2.24, 2.45) is 5.92 Å². The lowest BCUT2D eigenvalue weighted by Crippen LogP contribution is -2.19. The summed E-state index contributed by atoms with van der Waals surface area (Å²) in [6.07, 6.45) is 7.32. The SMILES string of the molecule is CC(C)=CCC[C@H](C)[C@H]1CC[C@@H](C)c2cc(O)c(C)cc21. The van der Waals surface area contributed by atoms with Crippen LogP contribution in [0, 0.1) is 12.8 Å². The second-order valence-corrected chi connectivity index (χ2v) is 7.19. The standard InChI is InChI=1S/C20H30O/c1-13(2)7-6-8-14(3)17-10-9-15(4)18-12-20(21)16(5)11-19(17)18/h7,11-12,14-15,17,21H,6,8-10H2,1-5H3/t14-,15+,17+/m0/s1. The summed E-state index contributed by atoms with van der Waals surface area (Å²) in [5.74, 6) is 2.39. The van der Waals surface area contributed by atoms with E-state index < -0.39 is 0 Å². The van der Waals surface area contributed by atoms with Crippen LogP contribution in [0.4, 0.5) is 0 Å². The molecule has 0 aliphatic heterocycles. The third-order valence-corrected chi connectivity index (χ3v) is 5.10. The zero-order valence-corrected chi connectivity index (χ0v) is 14.2. The van der Waals surface area contributed by atoms with E-state index in [2.05, 4.69) is 39.8 Å². The number of rotatable bonds is 4. The molecule has 0 fully saturated rings. The van der Waals surface area contributed by atoms with Crippen LogP contribution in [0.2, 0.25) is 0 Å². The molecule has 116 valence electrons. The molecule has 0 unspecified atom stereocenters. The van der Waals surface area contributed by atoms with Gasteiger partial charge in [0, 0.05) is 0 Å². The van der Waals surface area contributed by atoms with E-state index in [0.717, 1.165) is 5.56 Å². The molecule has 0 spiro atoms. The molecule has 0 amide bonds. The minimum absolute atomic E-state index is 0.457. The largest absolute Gasteiger partial charge is 0.508 e. The molecule has 1 aliphatic rings. The summed E-state index contributed by atoms with van der Waals surface area (Å²) in [6.45, 7) is 11.0. The number of benzene rings is 1. The molecule has 1 heteroatoms. The van der Waals surface area contributed by atoms with Crippen molar-refractivity contribution >= 4 is 0 Å². The van der Waals surface area contributed by atoms with Gasteiger partial charge in [0.2, 0.25) is 0 Å². The lowest BCUT2D eigenvalue weighted by Gasteiger charge is -2.34. The molecule has 0 saturated carbocycles. The van der Waals surface area contributed by atoms with E-state index in [9.17, 15) is 5.11 Å². The highest BCUT2D eigenvalue weighted by atomic mass is 16.3. The van der Waals surface area contributed by atoms with Crippen LogP contribution < -0.4 is 0 Å². The quantitative estimate of drug-likeness (QED) is 0.666. The van der Waals surface area contributed by atoms with Crippen molar-refractivity contribution in [1.29, 1.82) is 0 Å². The molecule has 1 aliphatic carbocycles. The third-order valence-electron chi connectivity index (χ3n) is 5.10. The van der Waals surface area contributed by atoms with Crippen LogP contribution in [0.15, 0.2) is 23.8 Å². The number of phenolic OH excluding ortho intramolecular Hbond substituents is 1. The molecular weight excluding hydrogens is 256 g/mol. The molecule has 2 rings (SSSR count). The maximum Gasteiger partial charge on any atom is 0.118 e. The molecule has 21 heavy (non-hydrogen) atoms. The maximum atomic E-state index is 10.0. The van der Waals surface area contributed by atoms with Crippen LogP contribution in [-0.4, -0.2) is 5.11 Å². The fraction of sp³-hybridized carbons (Fsp3) is 0.600. The first-order chi connectivity index (χ1) is 9.90. The zero-order valence-electron chi connectivity index (χ0n) is 14.2. The lowest BCUT2D eigenvalue weighted by molar-refractivity contribution is 0.368. The van der Waals surface area contributed by atoms with Crippen molar-refractivity contribution in [2.75, 3.05) is 0 Å². The van der Waals surface area contributed by atoms with Gasteiger partial charge in [-0.3, -0.25) is 0 Å². The number of aryl methyl sites for hydroxylation is 1. The number of fused-ring (bicyclic) bond motifs is 1. The van der Waals surface area contributed by atoms with E-state index >= 15 is 0 Å². The molecule has 1 nitrogen and oxygen atoms in total. The highest BCUT2D eigenvalue weighted by Gasteiger charge is 2.29. The van der Waals surface area contributed by atoms with Crippen molar-refractivity contribution in [3.63, 3.8) is 0 Å². The fourth-order valence-electron chi connectivity index (χ4n) is 3.65. The average Bonchev–Trinajstić information content (AvgIpc) is 2.41. The molecule has 3 atom stereocenters. The van der Waals surface area contributed by atoms with E-state index in [0.29, 0.717) is 23.5 Å². The summed E-state index contributed by atoms with van der Waals surface area (Å²) < 4.78 is 0. The Hall–Kier alpha value is -1.24. The van der Waals surface area contributed by atoms with Crippen molar-refractivity contribution in [1.82, 2.24) is 0 Å². The number of aromatic hydroxyl groups is 1. The first kappa shape index (κ1) is 16.1. The van der Waals surface area contributed by atoms with Crippen molar-refractivity contribution in [3.05, 3.63) is 40.5 Å². The summed E-state index contributed by atoms with van der Waals surface area (Å²) in [5, 5.41) is 10.0. The average molecular weight is 286 g/mol. The Labute approximate surface area is 130 Å².